The predicted octanol–water partition coefficient (Wildman–Crippen LogP) is 2.57. The third kappa shape index (κ3) is 4.44. The molecular formula is C11H15Cl2F4N3. The summed E-state index contributed by atoms with van der Waals surface area (Å²) in [4.78, 5) is 4.53. The Bertz CT molecular complexity index is 411. The SMILES string of the molecule is Cl.Cl.Fc1ncccc1[C@@H](N1CCNCC1)C(F)(F)F. The van der Waals surface area contributed by atoms with Crippen LogP contribution in [0.5, 0.6) is 0 Å². The first kappa shape index (κ1) is 19.4. The summed E-state index contributed by atoms with van der Waals surface area (Å²) in [6, 6.07) is 0.537. The van der Waals surface area contributed by atoms with E-state index in [1.165, 1.54) is 11.0 Å². The Labute approximate surface area is 126 Å². The van der Waals surface area contributed by atoms with Gasteiger partial charge in [0.25, 0.3) is 0 Å². The van der Waals surface area contributed by atoms with Crippen LogP contribution in [0.15, 0.2) is 18.3 Å². The highest BCUT2D eigenvalue weighted by Crippen LogP contribution is 2.38. The second-order valence-electron chi connectivity index (χ2n) is 4.11. The number of aromatic nitrogens is 1. The van der Waals surface area contributed by atoms with Crippen molar-refractivity contribution in [3.8, 4) is 0 Å². The molecule has 2 rings (SSSR count). The van der Waals surface area contributed by atoms with E-state index >= 15 is 0 Å². The molecule has 0 amide bonds. The van der Waals surface area contributed by atoms with Gasteiger partial charge in [-0.25, -0.2) is 4.98 Å². The molecule has 1 atom stereocenters. The second-order valence-corrected chi connectivity index (χ2v) is 4.11. The third-order valence-corrected chi connectivity index (χ3v) is 2.91. The van der Waals surface area contributed by atoms with Crippen molar-refractivity contribution in [1.29, 1.82) is 0 Å². The molecule has 1 saturated heterocycles. The molecule has 1 aromatic rings. The van der Waals surface area contributed by atoms with Gasteiger partial charge in [0.1, 0.15) is 6.04 Å². The Balaban J connectivity index is 0.00000180. The molecule has 1 aliphatic heterocycles. The van der Waals surface area contributed by atoms with Gasteiger partial charge in [-0.05, 0) is 6.07 Å². The summed E-state index contributed by atoms with van der Waals surface area (Å²) < 4.78 is 52.8. The molecule has 1 N–H and O–H groups in total. The number of halogens is 6. The van der Waals surface area contributed by atoms with Crippen molar-refractivity contribution in [2.24, 2.45) is 0 Å². The maximum atomic E-state index is 13.5. The minimum Gasteiger partial charge on any atom is -0.314 e. The molecular weight excluding hydrogens is 321 g/mol. The highest BCUT2D eigenvalue weighted by molar-refractivity contribution is 5.85. The number of nitrogens with one attached hydrogen (secondary N) is 1. The smallest absolute Gasteiger partial charge is 0.314 e. The monoisotopic (exact) mass is 335 g/mol. The predicted molar refractivity (Wildman–Crippen MR) is 71.9 cm³/mol. The fourth-order valence-electron chi connectivity index (χ4n) is 2.12. The molecule has 2 heterocycles. The Morgan fingerprint density at radius 1 is 1.20 bits per heavy atom. The van der Waals surface area contributed by atoms with Gasteiger partial charge >= 0.3 is 6.18 Å². The van der Waals surface area contributed by atoms with E-state index in [1.54, 1.807) is 0 Å². The minimum absolute atomic E-state index is 0. The number of rotatable bonds is 2. The number of hydrogen-bond donors (Lipinski definition) is 1. The molecule has 20 heavy (non-hydrogen) atoms. The van der Waals surface area contributed by atoms with Crippen LogP contribution in [-0.2, 0) is 0 Å². The Morgan fingerprint density at radius 2 is 1.80 bits per heavy atom. The summed E-state index contributed by atoms with van der Waals surface area (Å²) in [5, 5.41) is 2.97. The zero-order chi connectivity index (χ0) is 13.2. The van der Waals surface area contributed by atoms with Crippen LogP contribution >= 0.6 is 24.8 Å². The first-order valence-electron chi connectivity index (χ1n) is 5.62. The van der Waals surface area contributed by atoms with Crippen LogP contribution in [0.2, 0.25) is 0 Å². The van der Waals surface area contributed by atoms with E-state index in [0.29, 0.717) is 13.1 Å². The van der Waals surface area contributed by atoms with E-state index < -0.39 is 23.7 Å². The minimum atomic E-state index is -4.51. The molecule has 0 aromatic carbocycles. The van der Waals surface area contributed by atoms with E-state index in [9.17, 15) is 17.6 Å². The van der Waals surface area contributed by atoms with Crippen LogP contribution in [0, 0.1) is 5.95 Å². The maximum Gasteiger partial charge on any atom is 0.408 e. The lowest BCUT2D eigenvalue weighted by molar-refractivity contribution is -0.188. The van der Waals surface area contributed by atoms with Gasteiger partial charge in [0.05, 0.1) is 0 Å². The van der Waals surface area contributed by atoms with E-state index in [0.717, 1.165) is 12.3 Å². The van der Waals surface area contributed by atoms with Gasteiger partial charge in [-0.15, -0.1) is 24.8 Å². The van der Waals surface area contributed by atoms with Crippen molar-refractivity contribution in [2.45, 2.75) is 12.2 Å². The summed E-state index contributed by atoms with van der Waals surface area (Å²) in [7, 11) is 0. The molecule has 116 valence electrons. The molecule has 0 radical (unpaired) electrons. The lowest BCUT2D eigenvalue weighted by Crippen LogP contribution is -2.49. The zero-order valence-corrected chi connectivity index (χ0v) is 12.0. The average molecular weight is 336 g/mol. The summed E-state index contributed by atoms with van der Waals surface area (Å²) in [5.41, 5.74) is -0.410. The standard InChI is InChI=1S/C11H13F4N3.2ClH/c12-10-8(2-1-3-17-10)9(11(13,14)15)18-6-4-16-5-7-18;;/h1-3,9,16H,4-7H2;2*1H/t9-;;/m1../s1. The van der Waals surface area contributed by atoms with Crippen molar-refractivity contribution < 1.29 is 17.6 Å². The Kier molecular flexibility index (Phi) is 7.72. The van der Waals surface area contributed by atoms with Gasteiger partial charge in [-0.2, -0.15) is 17.6 Å². The second kappa shape index (κ2) is 7.97. The molecule has 0 bridgehead atoms. The molecule has 3 nitrogen and oxygen atoms in total. The molecule has 0 spiro atoms. The van der Waals surface area contributed by atoms with Crippen molar-refractivity contribution >= 4 is 24.8 Å². The van der Waals surface area contributed by atoms with Crippen molar-refractivity contribution in [3.63, 3.8) is 0 Å². The molecule has 1 fully saturated rings. The van der Waals surface area contributed by atoms with E-state index in [4.69, 9.17) is 0 Å². The van der Waals surface area contributed by atoms with Crippen LogP contribution < -0.4 is 5.32 Å². The first-order chi connectivity index (χ1) is 8.50. The quantitative estimate of drug-likeness (QED) is 0.665. The van der Waals surface area contributed by atoms with Gasteiger partial charge in [-0.1, -0.05) is 6.07 Å². The van der Waals surface area contributed by atoms with Crippen LogP contribution in [0.3, 0.4) is 0 Å². The van der Waals surface area contributed by atoms with Gasteiger partial charge in [0, 0.05) is 37.9 Å². The molecule has 9 heteroatoms. The summed E-state index contributed by atoms with van der Waals surface area (Å²) in [6.45, 7) is 1.40. The topological polar surface area (TPSA) is 28.2 Å². The summed E-state index contributed by atoms with van der Waals surface area (Å²) in [6.07, 6.45) is -3.37. The normalized spacial score (nSPS) is 17.8. The van der Waals surface area contributed by atoms with Crippen molar-refractivity contribution in [2.75, 3.05) is 26.2 Å². The van der Waals surface area contributed by atoms with Crippen LogP contribution in [0.4, 0.5) is 17.6 Å². The maximum absolute atomic E-state index is 13.5. The van der Waals surface area contributed by atoms with Gasteiger partial charge < -0.3 is 5.32 Å². The highest BCUT2D eigenvalue weighted by Gasteiger charge is 2.46. The average Bonchev–Trinajstić information content (AvgIpc) is 2.32. The van der Waals surface area contributed by atoms with Gasteiger partial charge in [0.2, 0.25) is 5.95 Å². The number of alkyl halides is 3. The van der Waals surface area contributed by atoms with Crippen LogP contribution in [0.25, 0.3) is 0 Å². The number of hydrogen-bond acceptors (Lipinski definition) is 3. The van der Waals surface area contributed by atoms with Crippen molar-refractivity contribution in [1.82, 2.24) is 15.2 Å². The number of pyridine rings is 1. The van der Waals surface area contributed by atoms with E-state index in [-0.39, 0.29) is 37.9 Å². The number of nitrogens with zero attached hydrogens (tertiary/aromatic N) is 2. The van der Waals surface area contributed by atoms with Gasteiger partial charge in [-0.3, -0.25) is 4.90 Å². The fourth-order valence-corrected chi connectivity index (χ4v) is 2.12. The zero-order valence-electron chi connectivity index (χ0n) is 10.4. The largest absolute Gasteiger partial charge is 0.408 e. The van der Waals surface area contributed by atoms with E-state index in [1.807, 2.05) is 0 Å². The number of piperazine rings is 1. The Morgan fingerprint density at radius 3 is 2.30 bits per heavy atom. The third-order valence-electron chi connectivity index (χ3n) is 2.91. The molecule has 0 unspecified atom stereocenters. The molecule has 0 saturated carbocycles. The molecule has 0 aliphatic carbocycles. The summed E-state index contributed by atoms with van der Waals surface area (Å²) in [5.74, 6) is -1.06. The van der Waals surface area contributed by atoms with E-state index in [2.05, 4.69) is 10.3 Å². The van der Waals surface area contributed by atoms with Crippen LogP contribution in [0.1, 0.15) is 11.6 Å². The Hall–Kier alpha value is -0.630. The lowest BCUT2D eigenvalue weighted by atomic mass is 10.1. The molecule has 1 aliphatic rings. The van der Waals surface area contributed by atoms with Crippen LogP contribution in [-0.4, -0.2) is 42.2 Å². The fraction of sp³-hybridized carbons (Fsp3) is 0.545. The molecule has 1 aromatic heterocycles. The lowest BCUT2D eigenvalue weighted by Gasteiger charge is -2.36. The summed E-state index contributed by atoms with van der Waals surface area (Å²) >= 11 is 0. The van der Waals surface area contributed by atoms with Crippen molar-refractivity contribution in [3.05, 3.63) is 29.8 Å². The first-order valence-corrected chi connectivity index (χ1v) is 5.62. The highest BCUT2D eigenvalue weighted by atomic mass is 35.5. The van der Waals surface area contributed by atoms with Gasteiger partial charge in [0.15, 0.2) is 0 Å².